The summed E-state index contributed by atoms with van der Waals surface area (Å²) in [5.41, 5.74) is 1.14. The third-order valence-electron chi connectivity index (χ3n) is 1.31. The lowest BCUT2D eigenvalue weighted by atomic mass is 10.6. The Morgan fingerprint density at radius 2 is 2.33 bits per heavy atom. The highest BCUT2D eigenvalue weighted by atomic mass is 32.2. The zero-order valence-electron chi connectivity index (χ0n) is 7.33. The van der Waals surface area contributed by atoms with E-state index in [-0.39, 0.29) is 4.88 Å². The van der Waals surface area contributed by atoms with Crippen LogP contribution in [0.3, 0.4) is 0 Å². The maximum absolute atomic E-state index is 11.2. The van der Waals surface area contributed by atoms with Crippen molar-refractivity contribution in [2.45, 2.75) is 5.03 Å². The van der Waals surface area contributed by atoms with Crippen LogP contribution in [0.25, 0.3) is 0 Å². The van der Waals surface area contributed by atoms with Gasteiger partial charge in [0.25, 0.3) is 6.08 Å². The fourth-order valence-electron chi connectivity index (χ4n) is 0.740. The summed E-state index contributed by atoms with van der Waals surface area (Å²) in [4.78, 5) is 24.2. The van der Waals surface area contributed by atoms with E-state index in [2.05, 4.69) is 14.1 Å². The Kier molecular flexibility index (Phi) is 3.30. The molecular formula is C6H4N2O5S2. The Hall–Kier alpha value is -1.57. The number of aromatic nitrogens is 1. The Labute approximate surface area is 88.5 Å². The normalized spacial score (nSPS) is 10.5. The van der Waals surface area contributed by atoms with Crippen LogP contribution < -0.4 is 0 Å². The summed E-state index contributed by atoms with van der Waals surface area (Å²) in [7, 11) is -3.15. The summed E-state index contributed by atoms with van der Waals surface area (Å²) < 4.78 is 29.4. The molecule has 80 valence electrons. The molecule has 0 unspecified atom stereocenters. The average Bonchev–Trinajstić information content (AvgIpc) is 2.65. The number of sulfonamides is 1. The van der Waals surface area contributed by atoms with Crippen molar-refractivity contribution in [3.8, 4) is 0 Å². The summed E-state index contributed by atoms with van der Waals surface area (Å²) in [5.74, 6) is -0.850. The summed E-state index contributed by atoms with van der Waals surface area (Å²) in [6, 6.07) is 0. The highest BCUT2D eigenvalue weighted by Gasteiger charge is 2.26. The number of carbonyl (C=O) groups excluding carboxylic acids is 2. The van der Waals surface area contributed by atoms with E-state index in [9.17, 15) is 18.0 Å². The third-order valence-corrected chi connectivity index (χ3v) is 3.36. The number of rotatable bonds is 3. The van der Waals surface area contributed by atoms with E-state index in [1.165, 1.54) is 0 Å². The number of esters is 1. The molecule has 0 spiro atoms. The van der Waals surface area contributed by atoms with Gasteiger partial charge in [0, 0.05) is 0 Å². The van der Waals surface area contributed by atoms with Crippen LogP contribution in [-0.4, -0.2) is 32.6 Å². The summed E-state index contributed by atoms with van der Waals surface area (Å²) in [5, 5.41) is -0.595. The molecule has 1 aromatic heterocycles. The molecule has 0 aromatic carbocycles. The molecule has 0 aliphatic heterocycles. The van der Waals surface area contributed by atoms with Crippen molar-refractivity contribution >= 4 is 33.4 Å². The van der Waals surface area contributed by atoms with Crippen molar-refractivity contribution < 1.29 is 22.7 Å². The lowest BCUT2D eigenvalue weighted by molar-refractivity contribution is 0.0601. The number of hydrogen-bond donors (Lipinski definition) is 0. The first-order valence-electron chi connectivity index (χ1n) is 3.39. The fourth-order valence-corrected chi connectivity index (χ4v) is 2.55. The zero-order chi connectivity index (χ0) is 11.5. The SMILES string of the molecule is COC(=O)c1scnc1S(=O)(=O)N=C=O. The number of carbonyl (C=O) groups is 1. The van der Waals surface area contributed by atoms with Gasteiger partial charge in [0.1, 0.15) is 0 Å². The molecule has 0 saturated heterocycles. The van der Waals surface area contributed by atoms with E-state index >= 15 is 0 Å². The van der Waals surface area contributed by atoms with Crippen LogP contribution in [0.1, 0.15) is 9.67 Å². The second kappa shape index (κ2) is 4.30. The van der Waals surface area contributed by atoms with Gasteiger partial charge >= 0.3 is 16.0 Å². The first-order valence-corrected chi connectivity index (χ1v) is 5.71. The quantitative estimate of drug-likeness (QED) is 0.422. The first-order chi connectivity index (χ1) is 7.03. The summed E-state index contributed by atoms with van der Waals surface area (Å²) in [6.45, 7) is 0. The van der Waals surface area contributed by atoms with Gasteiger partial charge in [-0.1, -0.05) is 4.40 Å². The van der Waals surface area contributed by atoms with Crippen LogP contribution in [-0.2, 0) is 19.6 Å². The fraction of sp³-hybridized carbons (Fsp3) is 0.167. The lowest BCUT2D eigenvalue weighted by Crippen LogP contribution is -2.06. The molecule has 0 aliphatic carbocycles. The Morgan fingerprint density at radius 1 is 1.67 bits per heavy atom. The van der Waals surface area contributed by atoms with Gasteiger partial charge in [-0.25, -0.2) is 14.6 Å². The van der Waals surface area contributed by atoms with E-state index in [1.54, 1.807) is 0 Å². The first kappa shape index (κ1) is 11.5. The van der Waals surface area contributed by atoms with Crippen molar-refractivity contribution in [3.05, 3.63) is 10.4 Å². The molecule has 0 fully saturated rings. The van der Waals surface area contributed by atoms with E-state index in [4.69, 9.17) is 0 Å². The number of nitrogens with zero attached hydrogens (tertiary/aromatic N) is 2. The Balaban J connectivity index is 3.34. The minimum Gasteiger partial charge on any atom is -0.465 e. The maximum Gasteiger partial charge on any atom is 0.351 e. The number of isocyanates is 1. The monoisotopic (exact) mass is 248 g/mol. The van der Waals surface area contributed by atoms with Crippen LogP contribution in [0, 0.1) is 0 Å². The Morgan fingerprint density at radius 3 is 2.87 bits per heavy atom. The average molecular weight is 248 g/mol. The molecule has 15 heavy (non-hydrogen) atoms. The highest BCUT2D eigenvalue weighted by molar-refractivity contribution is 7.90. The molecule has 1 rings (SSSR count). The van der Waals surface area contributed by atoms with Gasteiger partial charge in [-0.05, 0) is 0 Å². The van der Waals surface area contributed by atoms with Crippen LogP contribution >= 0.6 is 11.3 Å². The molecule has 0 saturated carbocycles. The smallest absolute Gasteiger partial charge is 0.351 e. The number of thiazole rings is 1. The predicted octanol–water partition coefficient (Wildman–Crippen LogP) is -0.0458. The van der Waals surface area contributed by atoms with E-state index < -0.39 is 21.0 Å². The van der Waals surface area contributed by atoms with Gasteiger partial charge in [0.15, 0.2) is 4.88 Å². The van der Waals surface area contributed by atoms with Crippen molar-refractivity contribution in [1.82, 2.24) is 4.98 Å². The van der Waals surface area contributed by atoms with Crippen molar-refractivity contribution in [2.24, 2.45) is 4.40 Å². The van der Waals surface area contributed by atoms with Crippen molar-refractivity contribution in [2.75, 3.05) is 7.11 Å². The van der Waals surface area contributed by atoms with E-state index in [0.29, 0.717) is 0 Å². The molecular weight excluding hydrogens is 244 g/mol. The molecule has 0 N–H and O–H groups in total. The van der Waals surface area contributed by atoms with Crippen molar-refractivity contribution in [3.63, 3.8) is 0 Å². The number of ether oxygens (including phenoxy) is 1. The molecule has 9 heteroatoms. The standard InChI is InChI=1S/C6H4N2O5S2/c1-13-6(10)4-5(7-3-14-4)15(11,12)8-2-9/h3H,1H3. The molecule has 7 nitrogen and oxygen atoms in total. The van der Waals surface area contributed by atoms with Gasteiger partial charge in [-0.15, -0.1) is 11.3 Å². The largest absolute Gasteiger partial charge is 0.465 e. The minimum atomic E-state index is -4.25. The van der Waals surface area contributed by atoms with Gasteiger partial charge < -0.3 is 4.74 Å². The molecule has 1 aromatic rings. The topological polar surface area (TPSA) is 103 Å². The Bertz CT molecular complexity index is 525. The van der Waals surface area contributed by atoms with Gasteiger partial charge in [-0.2, -0.15) is 8.42 Å². The summed E-state index contributed by atoms with van der Waals surface area (Å²) in [6.07, 6.45) is 0.880. The predicted molar refractivity (Wildman–Crippen MR) is 48.8 cm³/mol. The second-order valence-electron chi connectivity index (χ2n) is 2.14. The third kappa shape index (κ3) is 2.27. The van der Waals surface area contributed by atoms with Crippen LogP contribution in [0.2, 0.25) is 0 Å². The van der Waals surface area contributed by atoms with Crippen molar-refractivity contribution in [1.29, 1.82) is 0 Å². The number of methoxy groups -OCH3 is 1. The second-order valence-corrected chi connectivity index (χ2v) is 4.51. The lowest BCUT2D eigenvalue weighted by Gasteiger charge is -1.96. The molecule has 0 amide bonds. The number of hydrogen-bond acceptors (Lipinski definition) is 7. The maximum atomic E-state index is 11.2. The molecule has 0 atom stereocenters. The zero-order valence-corrected chi connectivity index (χ0v) is 8.96. The molecule has 1 heterocycles. The van der Waals surface area contributed by atoms with Crippen LogP contribution in [0.5, 0.6) is 0 Å². The summed E-state index contributed by atoms with van der Waals surface area (Å²) >= 11 is 0.780. The molecule has 0 bridgehead atoms. The van der Waals surface area contributed by atoms with Crippen LogP contribution in [0.4, 0.5) is 0 Å². The van der Waals surface area contributed by atoms with Gasteiger partial charge in [-0.3, -0.25) is 0 Å². The minimum absolute atomic E-state index is 0.225. The molecule has 0 radical (unpaired) electrons. The van der Waals surface area contributed by atoms with E-state index in [0.717, 1.165) is 30.0 Å². The van der Waals surface area contributed by atoms with E-state index in [1.807, 2.05) is 0 Å². The molecule has 0 aliphatic rings. The van der Waals surface area contributed by atoms with Gasteiger partial charge in [0.05, 0.1) is 12.6 Å². The van der Waals surface area contributed by atoms with Gasteiger partial charge in [0.2, 0.25) is 5.03 Å². The van der Waals surface area contributed by atoms with Crippen LogP contribution in [0.15, 0.2) is 14.9 Å². The highest BCUT2D eigenvalue weighted by Crippen LogP contribution is 2.20.